The molecule has 3 amide bonds. The monoisotopic (exact) mass is 575 g/mol. The number of aromatic nitrogens is 4. The number of benzene rings is 1. The topological polar surface area (TPSA) is 138 Å². The number of ether oxygens (including phenoxy) is 1. The summed E-state index contributed by atoms with van der Waals surface area (Å²) in [5.41, 5.74) is 1.24. The molecule has 17 heteroatoms. The van der Waals surface area contributed by atoms with Crippen molar-refractivity contribution in [2.45, 2.75) is 62.3 Å². The number of hydrogen-bond acceptors (Lipinski definition) is 7. The van der Waals surface area contributed by atoms with E-state index in [1.54, 1.807) is 0 Å². The van der Waals surface area contributed by atoms with Crippen LogP contribution < -0.4 is 10.6 Å². The van der Waals surface area contributed by atoms with Gasteiger partial charge < -0.3 is 25.3 Å². The van der Waals surface area contributed by atoms with Crippen LogP contribution in [0.15, 0.2) is 22.8 Å². The molecular formula is C23H23F6N7O4. The summed E-state index contributed by atoms with van der Waals surface area (Å²) >= 11 is 0. The second-order valence-electron chi connectivity index (χ2n) is 9.71. The highest BCUT2D eigenvalue weighted by Gasteiger charge is 2.47. The molecule has 0 bridgehead atoms. The minimum Gasteiger partial charge on any atom is -0.378 e. The molecule has 3 N–H and O–H groups in total. The first-order chi connectivity index (χ1) is 18.8. The van der Waals surface area contributed by atoms with E-state index in [1.807, 2.05) is 5.32 Å². The lowest BCUT2D eigenvalue weighted by molar-refractivity contribution is -0.161. The molecule has 11 nitrogen and oxygen atoms in total. The molecule has 2 aliphatic rings. The molecule has 3 aromatic rings. The maximum Gasteiger partial charge on any atom is 0.410 e. The smallest absolute Gasteiger partial charge is 0.378 e. The third-order valence-electron chi connectivity index (χ3n) is 6.70. The predicted molar refractivity (Wildman–Crippen MR) is 123 cm³/mol. The third kappa shape index (κ3) is 5.97. The highest BCUT2D eigenvalue weighted by Crippen LogP contribution is 2.40. The summed E-state index contributed by atoms with van der Waals surface area (Å²) in [6.45, 7) is -0.726. The van der Waals surface area contributed by atoms with Crippen LogP contribution in [0.25, 0.3) is 11.0 Å². The third-order valence-corrected chi connectivity index (χ3v) is 6.70. The SMILES string of the molecule is CO[C@H](CC(F)(F)F)C(NC(=O)c1nonc1C1CC1)c1nc2ccc(CN3C[C@@H](C(F)(F)F)NC3=O)cc2[nH]1. The van der Waals surface area contributed by atoms with Gasteiger partial charge in [-0.1, -0.05) is 11.2 Å². The van der Waals surface area contributed by atoms with E-state index in [4.69, 9.17) is 4.74 Å². The van der Waals surface area contributed by atoms with Gasteiger partial charge in [0.1, 0.15) is 23.6 Å². The van der Waals surface area contributed by atoms with Crippen LogP contribution in [0, 0.1) is 0 Å². The van der Waals surface area contributed by atoms with Gasteiger partial charge in [-0.05, 0) is 35.7 Å². The van der Waals surface area contributed by atoms with Gasteiger partial charge in [-0.2, -0.15) is 26.3 Å². The van der Waals surface area contributed by atoms with Crippen molar-refractivity contribution in [2.24, 2.45) is 0 Å². The summed E-state index contributed by atoms with van der Waals surface area (Å²) in [6.07, 6.45) is -10.7. The number of rotatable bonds is 9. The fourth-order valence-electron chi connectivity index (χ4n) is 4.54. The van der Waals surface area contributed by atoms with Crippen molar-refractivity contribution in [2.75, 3.05) is 13.7 Å². The zero-order valence-electron chi connectivity index (χ0n) is 20.8. The number of hydrogen-bond donors (Lipinski definition) is 3. The fourth-order valence-corrected chi connectivity index (χ4v) is 4.54. The Labute approximate surface area is 221 Å². The molecule has 1 unspecified atom stereocenters. The van der Waals surface area contributed by atoms with Crippen molar-refractivity contribution in [1.82, 2.24) is 35.8 Å². The van der Waals surface area contributed by atoms with Crippen molar-refractivity contribution >= 4 is 23.0 Å². The van der Waals surface area contributed by atoms with Crippen molar-refractivity contribution in [1.29, 1.82) is 0 Å². The molecule has 3 heterocycles. The fraction of sp³-hybridized carbons (Fsp3) is 0.522. The molecule has 1 saturated carbocycles. The van der Waals surface area contributed by atoms with Crippen molar-refractivity contribution in [3.05, 3.63) is 41.0 Å². The molecule has 1 saturated heterocycles. The number of fused-ring (bicyclic) bond motifs is 1. The quantitative estimate of drug-likeness (QED) is 0.331. The molecule has 2 fully saturated rings. The van der Waals surface area contributed by atoms with E-state index in [2.05, 4.69) is 30.2 Å². The summed E-state index contributed by atoms with van der Waals surface area (Å²) in [7, 11) is 1.07. The van der Waals surface area contributed by atoms with Crippen molar-refractivity contribution < 1.29 is 45.3 Å². The van der Waals surface area contributed by atoms with E-state index < -0.39 is 55.4 Å². The zero-order valence-corrected chi connectivity index (χ0v) is 20.8. The Bertz CT molecular complexity index is 1400. The Hall–Kier alpha value is -3.89. The van der Waals surface area contributed by atoms with E-state index in [0.717, 1.165) is 24.9 Å². The Kier molecular flexibility index (Phi) is 7.09. The number of carbonyl (C=O) groups is 2. The predicted octanol–water partition coefficient (Wildman–Crippen LogP) is 3.72. The molecular weight excluding hydrogens is 552 g/mol. The second kappa shape index (κ2) is 10.3. The van der Waals surface area contributed by atoms with Gasteiger partial charge >= 0.3 is 18.4 Å². The summed E-state index contributed by atoms with van der Waals surface area (Å²) in [5.74, 6) is -0.901. The van der Waals surface area contributed by atoms with Crippen LogP contribution in [0.5, 0.6) is 0 Å². The van der Waals surface area contributed by atoms with Gasteiger partial charge in [0.2, 0.25) is 0 Å². The number of amides is 3. The average Bonchev–Trinajstić information content (AvgIpc) is 3.26. The van der Waals surface area contributed by atoms with Gasteiger partial charge in [-0.15, -0.1) is 0 Å². The lowest BCUT2D eigenvalue weighted by Gasteiger charge is -2.26. The number of H-pyrrole nitrogens is 1. The highest BCUT2D eigenvalue weighted by atomic mass is 19.4. The van der Waals surface area contributed by atoms with Crippen LogP contribution in [0.1, 0.15) is 58.8 Å². The van der Waals surface area contributed by atoms with E-state index in [0.29, 0.717) is 22.3 Å². The summed E-state index contributed by atoms with van der Waals surface area (Å²) in [5, 5.41) is 11.7. The molecule has 0 spiro atoms. The molecule has 5 rings (SSSR count). The number of methoxy groups -OCH3 is 1. The maximum absolute atomic E-state index is 13.4. The first kappa shape index (κ1) is 27.7. The summed E-state index contributed by atoms with van der Waals surface area (Å²) in [6, 6.07) is 0.260. The van der Waals surface area contributed by atoms with Crippen LogP contribution in [0.4, 0.5) is 31.1 Å². The molecule has 2 aromatic heterocycles. The Morgan fingerprint density at radius 2 is 1.98 bits per heavy atom. The van der Waals surface area contributed by atoms with E-state index >= 15 is 0 Å². The second-order valence-corrected chi connectivity index (χ2v) is 9.71. The summed E-state index contributed by atoms with van der Waals surface area (Å²) < 4.78 is 88.9. The normalized spacial score (nSPS) is 19.6. The number of alkyl halides is 6. The molecule has 1 aliphatic heterocycles. The van der Waals surface area contributed by atoms with Gasteiger partial charge in [-0.25, -0.2) is 14.4 Å². The molecule has 1 aliphatic carbocycles. The first-order valence-electron chi connectivity index (χ1n) is 12.2. The van der Waals surface area contributed by atoms with Gasteiger partial charge in [0.25, 0.3) is 5.91 Å². The first-order valence-corrected chi connectivity index (χ1v) is 12.2. The van der Waals surface area contributed by atoms with Gasteiger partial charge in [0.15, 0.2) is 5.69 Å². The number of imidazole rings is 1. The average molecular weight is 575 g/mol. The van der Waals surface area contributed by atoms with Crippen LogP contribution in [0.3, 0.4) is 0 Å². The van der Waals surface area contributed by atoms with Crippen LogP contribution in [0.2, 0.25) is 0 Å². The number of halogens is 6. The lowest BCUT2D eigenvalue weighted by atomic mass is 10.1. The molecule has 40 heavy (non-hydrogen) atoms. The number of nitrogens with zero attached hydrogens (tertiary/aromatic N) is 4. The van der Waals surface area contributed by atoms with E-state index in [9.17, 15) is 35.9 Å². The van der Waals surface area contributed by atoms with E-state index in [-0.39, 0.29) is 24.0 Å². The maximum atomic E-state index is 13.4. The minimum atomic E-state index is -4.64. The Balaban J connectivity index is 1.41. The molecule has 0 radical (unpaired) electrons. The largest absolute Gasteiger partial charge is 0.410 e. The number of aromatic amines is 1. The van der Waals surface area contributed by atoms with E-state index in [1.165, 1.54) is 18.2 Å². The van der Waals surface area contributed by atoms with Crippen LogP contribution >= 0.6 is 0 Å². The summed E-state index contributed by atoms with van der Waals surface area (Å²) in [4.78, 5) is 33.3. The van der Waals surface area contributed by atoms with Crippen molar-refractivity contribution in [3.63, 3.8) is 0 Å². The van der Waals surface area contributed by atoms with Crippen LogP contribution in [-0.4, -0.2) is 75.3 Å². The Morgan fingerprint density at radius 1 is 1.23 bits per heavy atom. The van der Waals surface area contributed by atoms with Crippen molar-refractivity contribution in [3.8, 4) is 0 Å². The number of urea groups is 1. The molecule has 216 valence electrons. The lowest BCUT2D eigenvalue weighted by Crippen LogP contribution is -2.40. The molecule has 1 aromatic carbocycles. The molecule has 3 atom stereocenters. The minimum absolute atomic E-state index is 0.0208. The van der Waals surface area contributed by atoms with Gasteiger partial charge in [-0.3, -0.25) is 4.79 Å². The number of carbonyl (C=O) groups excluding carboxylic acids is 2. The van der Waals surface area contributed by atoms with Gasteiger partial charge in [0, 0.05) is 19.6 Å². The standard InChI is InChI=1S/C23H23F6N7O4/c1-39-14(7-22(24,25)26)17(33-20(37)18-16(11-3-4-11)34-40-35-18)19-30-12-5-2-10(6-13(12)31-19)8-36-9-15(23(27,28)29)32-21(36)38/h2,5-6,11,14-15,17H,3-4,7-9H2,1H3,(H,30,31)(H,32,38)(H,33,37)/t14-,15+,17?/m1/s1. The Morgan fingerprint density at radius 3 is 2.60 bits per heavy atom. The number of nitrogens with one attached hydrogen (secondary N) is 3. The zero-order chi connectivity index (χ0) is 28.8. The highest BCUT2D eigenvalue weighted by molar-refractivity contribution is 5.93. The van der Waals surface area contributed by atoms with Gasteiger partial charge in [0.05, 0.1) is 30.1 Å². The van der Waals surface area contributed by atoms with Crippen LogP contribution in [-0.2, 0) is 11.3 Å².